The maximum atomic E-state index is 6.36. The van der Waals surface area contributed by atoms with Crippen molar-refractivity contribution in [3.05, 3.63) is 46.6 Å². The van der Waals surface area contributed by atoms with Crippen LogP contribution >= 0.6 is 23.2 Å². The first-order chi connectivity index (χ1) is 11.0. The van der Waals surface area contributed by atoms with Crippen molar-refractivity contribution in [1.82, 2.24) is 5.01 Å². The lowest BCUT2D eigenvalue weighted by molar-refractivity contribution is -0.183. The van der Waals surface area contributed by atoms with Crippen molar-refractivity contribution in [3.8, 4) is 0 Å². The fourth-order valence-corrected chi connectivity index (χ4v) is 3.10. The topological polar surface area (TPSA) is 60.1 Å². The van der Waals surface area contributed by atoms with Gasteiger partial charge in [0, 0.05) is 16.8 Å². The molecule has 23 heavy (non-hydrogen) atoms. The average molecular weight is 358 g/mol. The number of hydrazine groups is 1. The van der Waals surface area contributed by atoms with E-state index in [2.05, 4.69) is 18.5 Å². The zero-order chi connectivity index (χ0) is 16.9. The van der Waals surface area contributed by atoms with E-state index in [1.807, 2.05) is 0 Å². The highest BCUT2D eigenvalue weighted by atomic mass is 35.5. The molecule has 1 aromatic carbocycles. The number of aliphatic imine (C=N–C) groups is 1. The first-order valence-electron chi connectivity index (χ1n) is 7.43. The summed E-state index contributed by atoms with van der Waals surface area (Å²) in [7, 11) is 0. The van der Waals surface area contributed by atoms with Crippen molar-refractivity contribution in [2.24, 2.45) is 10.8 Å². The Hall–Kier alpha value is -1.11. The number of nitrogens with two attached hydrogens (primary N) is 1. The molecule has 1 aliphatic heterocycles. The molecule has 0 aromatic heterocycles. The van der Waals surface area contributed by atoms with Gasteiger partial charge in [-0.15, -0.1) is 0 Å². The van der Waals surface area contributed by atoms with Crippen LogP contribution in [0.25, 0.3) is 0 Å². The van der Waals surface area contributed by atoms with Crippen LogP contribution < -0.4 is 5.84 Å². The Morgan fingerprint density at radius 2 is 2.30 bits per heavy atom. The minimum absolute atomic E-state index is 0.00325. The van der Waals surface area contributed by atoms with Crippen LogP contribution in [0.3, 0.4) is 0 Å². The molecule has 1 saturated heterocycles. The zero-order valence-electron chi connectivity index (χ0n) is 13.0. The van der Waals surface area contributed by atoms with E-state index >= 15 is 0 Å². The van der Waals surface area contributed by atoms with Crippen LogP contribution in [-0.2, 0) is 15.3 Å². The number of ether oxygens (including phenoxy) is 2. The molecule has 2 rings (SSSR count). The monoisotopic (exact) mass is 357 g/mol. The van der Waals surface area contributed by atoms with Gasteiger partial charge in [0.25, 0.3) is 0 Å². The second-order valence-electron chi connectivity index (χ2n) is 5.34. The minimum atomic E-state index is -1.05. The third-order valence-electron chi connectivity index (χ3n) is 3.52. The third kappa shape index (κ3) is 4.46. The Kier molecular flexibility index (Phi) is 6.44. The van der Waals surface area contributed by atoms with Gasteiger partial charge in [0.05, 0.1) is 24.3 Å². The predicted octanol–water partition coefficient (Wildman–Crippen LogP) is 3.71. The van der Waals surface area contributed by atoms with Gasteiger partial charge in [0.1, 0.15) is 6.34 Å². The fraction of sp³-hybridized carbons (Fsp3) is 0.438. The third-order valence-corrected chi connectivity index (χ3v) is 4.07. The maximum Gasteiger partial charge on any atom is 0.216 e. The Bertz CT molecular complexity index is 582. The molecule has 1 aliphatic rings. The molecule has 2 N–H and O–H groups in total. The predicted molar refractivity (Wildman–Crippen MR) is 93.5 cm³/mol. The van der Waals surface area contributed by atoms with Crippen molar-refractivity contribution in [2.75, 3.05) is 13.2 Å². The smallest absolute Gasteiger partial charge is 0.216 e. The fourth-order valence-electron chi connectivity index (χ4n) is 2.55. The lowest BCUT2D eigenvalue weighted by Gasteiger charge is -2.32. The van der Waals surface area contributed by atoms with Gasteiger partial charge in [-0.2, -0.15) is 0 Å². The van der Waals surface area contributed by atoms with Gasteiger partial charge in [-0.3, -0.25) is 5.01 Å². The van der Waals surface area contributed by atoms with Crippen molar-refractivity contribution >= 4 is 29.5 Å². The summed E-state index contributed by atoms with van der Waals surface area (Å²) in [5, 5.41) is 2.42. The van der Waals surface area contributed by atoms with Crippen molar-refractivity contribution in [1.29, 1.82) is 0 Å². The minimum Gasteiger partial charge on any atom is -0.342 e. The summed E-state index contributed by atoms with van der Waals surface area (Å²) in [6, 6.07) is 5.22. The molecule has 0 amide bonds. The second kappa shape index (κ2) is 8.13. The highest BCUT2D eigenvalue weighted by Crippen LogP contribution is 2.40. The molecule has 0 aliphatic carbocycles. The number of nitrogens with zero attached hydrogens (tertiary/aromatic N) is 2. The summed E-state index contributed by atoms with van der Waals surface area (Å²) in [5.74, 6) is 4.92. The number of hydrogen-bond acceptors (Lipinski definition) is 4. The van der Waals surface area contributed by atoms with Gasteiger partial charge < -0.3 is 9.47 Å². The molecule has 0 radical (unpaired) electrons. The van der Waals surface area contributed by atoms with Gasteiger partial charge >= 0.3 is 0 Å². The van der Waals surface area contributed by atoms with Crippen LogP contribution in [0.15, 0.2) is 36.0 Å². The molecule has 1 fully saturated rings. The van der Waals surface area contributed by atoms with Crippen LogP contribution in [0.4, 0.5) is 0 Å². The molecular weight excluding hydrogens is 337 g/mol. The summed E-state index contributed by atoms with van der Waals surface area (Å²) in [6.07, 6.45) is 4.76. The van der Waals surface area contributed by atoms with Gasteiger partial charge in [-0.05, 0) is 18.6 Å². The molecule has 0 spiro atoms. The molecule has 7 heteroatoms. The van der Waals surface area contributed by atoms with Crippen LogP contribution in [-0.4, -0.2) is 30.6 Å². The second-order valence-corrected chi connectivity index (χ2v) is 6.18. The molecule has 2 unspecified atom stereocenters. The Morgan fingerprint density at radius 1 is 1.52 bits per heavy atom. The molecule has 1 aromatic rings. The molecule has 0 saturated carbocycles. The lowest BCUT2D eigenvalue weighted by Crippen LogP contribution is -2.45. The largest absolute Gasteiger partial charge is 0.342 e. The molecule has 5 nitrogen and oxygen atoms in total. The standard InChI is InChI=1S/C16H21Cl2N3O2/c1-3-5-13-9-22-16(23-13,10-21(19)11-20-4-2)14-7-6-12(17)8-15(14)18/h4,6-8,11,13H,2-3,5,9-10,19H2,1H3. The molecular formula is C16H21Cl2N3O2. The summed E-state index contributed by atoms with van der Waals surface area (Å²) in [5.41, 5.74) is 0.699. The normalized spacial score (nSPS) is 24.3. The van der Waals surface area contributed by atoms with E-state index in [1.165, 1.54) is 17.5 Å². The van der Waals surface area contributed by atoms with Crippen LogP contribution in [0, 0.1) is 0 Å². The highest BCUT2D eigenvalue weighted by molar-refractivity contribution is 6.35. The van der Waals surface area contributed by atoms with E-state index < -0.39 is 5.79 Å². The molecule has 1 heterocycles. The van der Waals surface area contributed by atoms with E-state index in [9.17, 15) is 0 Å². The first kappa shape index (κ1) is 18.2. The lowest BCUT2D eigenvalue weighted by atomic mass is 10.1. The summed E-state index contributed by atoms with van der Waals surface area (Å²) < 4.78 is 12.2. The molecule has 0 bridgehead atoms. The summed E-state index contributed by atoms with van der Waals surface area (Å²) in [6.45, 7) is 6.35. The van der Waals surface area contributed by atoms with Crippen molar-refractivity contribution < 1.29 is 9.47 Å². The average Bonchev–Trinajstić information content (AvgIpc) is 2.89. The quantitative estimate of drug-likeness (QED) is 0.349. The van der Waals surface area contributed by atoms with E-state index in [-0.39, 0.29) is 12.6 Å². The number of halogens is 2. The number of benzene rings is 1. The SMILES string of the molecule is C=CN=CN(N)CC1(c2ccc(Cl)cc2Cl)OCC(CCC)O1. The van der Waals surface area contributed by atoms with Crippen LogP contribution in [0.5, 0.6) is 0 Å². The van der Waals surface area contributed by atoms with E-state index in [4.69, 9.17) is 38.5 Å². The Morgan fingerprint density at radius 3 is 2.96 bits per heavy atom. The van der Waals surface area contributed by atoms with E-state index in [0.29, 0.717) is 22.2 Å². The number of hydrogen-bond donors (Lipinski definition) is 1. The van der Waals surface area contributed by atoms with Gasteiger partial charge in [-0.25, -0.2) is 10.8 Å². The number of rotatable bonds is 7. The summed E-state index contributed by atoms with van der Waals surface area (Å²) in [4.78, 5) is 3.91. The van der Waals surface area contributed by atoms with Gasteiger partial charge in [0.2, 0.25) is 5.79 Å². The maximum absolute atomic E-state index is 6.36. The van der Waals surface area contributed by atoms with Gasteiger partial charge in [-0.1, -0.05) is 49.2 Å². The van der Waals surface area contributed by atoms with E-state index in [1.54, 1.807) is 18.2 Å². The van der Waals surface area contributed by atoms with Gasteiger partial charge in [0.15, 0.2) is 0 Å². The molecule has 2 atom stereocenters. The Labute approximate surface area is 146 Å². The van der Waals surface area contributed by atoms with Crippen LogP contribution in [0.1, 0.15) is 25.3 Å². The zero-order valence-corrected chi connectivity index (χ0v) is 14.6. The highest BCUT2D eigenvalue weighted by Gasteiger charge is 2.45. The van der Waals surface area contributed by atoms with E-state index in [0.717, 1.165) is 12.8 Å². The Balaban J connectivity index is 2.32. The summed E-state index contributed by atoms with van der Waals surface area (Å²) >= 11 is 12.3. The molecule has 126 valence electrons. The van der Waals surface area contributed by atoms with Crippen molar-refractivity contribution in [3.63, 3.8) is 0 Å². The van der Waals surface area contributed by atoms with Crippen LogP contribution in [0.2, 0.25) is 10.0 Å². The first-order valence-corrected chi connectivity index (χ1v) is 8.19. The van der Waals surface area contributed by atoms with Crippen molar-refractivity contribution in [2.45, 2.75) is 31.7 Å².